The summed E-state index contributed by atoms with van der Waals surface area (Å²) >= 11 is 0. The topological polar surface area (TPSA) is 78.9 Å². The maximum Gasteiger partial charge on any atom is 0.306 e. The van der Waals surface area contributed by atoms with Gasteiger partial charge in [-0.15, -0.1) is 0 Å². The van der Waals surface area contributed by atoms with E-state index in [0.29, 0.717) is 19.3 Å². The summed E-state index contributed by atoms with van der Waals surface area (Å²) in [5.41, 5.74) is 0. The number of unbranched alkanes of at least 4 members (excludes halogenated alkanes) is 44. The first-order valence-corrected chi connectivity index (χ1v) is 35.3. The van der Waals surface area contributed by atoms with Crippen LogP contribution < -0.4 is 0 Å². The lowest BCUT2D eigenvalue weighted by atomic mass is 10.0. The molecular formula is C74H134O6. The Kier molecular flexibility index (Phi) is 66.1. The van der Waals surface area contributed by atoms with Gasteiger partial charge in [-0.1, -0.05) is 351 Å². The molecule has 0 aliphatic rings. The summed E-state index contributed by atoms with van der Waals surface area (Å²) < 4.78 is 17.0. The second-order valence-corrected chi connectivity index (χ2v) is 23.8. The number of esters is 3. The molecule has 80 heavy (non-hydrogen) atoms. The molecule has 0 aliphatic heterocycles. The van der Waals surface area contributed by atoms with Gasteiger partial charge in [0.25, 0.3) is 0 Å². The summed E-state index contributed by atoms with van der Waals surface area (Å²) in [4.78, 5) is 38.4. The molecule has 0 saturated heterocycles. The van der Waals surface area contributed by atoms with E-state index in [1.807, 2.05) is 0 Å². The standard InChI is InChI=1S/C74H134O6/c1-4-7-10-13-16-19-22-25-27-29-31-33-35-36-37-38-39-41-42-44-46-49-52-55-58-61-64-67-73(76)79-70-71(69-78-72(75)66-63-60-57-54-51-48-24-21-18-15-12-9-6-3)80-74(77)68-65-62-59-56-53-50-47-45-43-40-34-32-30-28-26-23-20-17-14-11-8-5-2/h7,10,16,19,25,27,31,33,36-37,71H,4-6,8-9,11-15,17-18,20-24,26,28-30,32,34-35,38-70H2,1-3H3/b10-7-,19-16-,27-25-,33-31-,37-36-. The second kappa shape index (κ2) is 68.6. The number of carbonyl (C=O) groups excluding carboxylic acids is 3. The molecule has 0 spiro atoms. The van der Waals surface area contributed by atoms with Crippen molar-refractivity contribution in [3.8, 4) is 0 Å². The molecule has 0 bridgehead atoms. The smallest absolute Gasteiger partial charge is 0.306 e. The van der Waals surface area contributed by atoms with Crippen LogP contribution in [0.15, 0.2) is 60.8 Å². The van der Waals surface area contributed by atoms with Crippen molar-refractivity contribution < 1.29 is 28.6 Å². The van der Waals surface area contributed by atoms with Gasteiger partial charge in [0.2, 0.25) is 0 Å². The molecule has 0 aliphatic carbocycles. The molecule has 0 aromatic heterocycles. The Balaban J connectivity index is 4.25. The monoisotopic (exact) mass is 1120 g/mol. The molecule has 6 heteroatoms. The normalized spacial score (nSPS) is 12.4. The zero-order valence-electron chi connectivity index (χ0n) is 53.6. The molecule has 0 radical (unpaired) electrons. The second-order valence-electron chi connectivity index (χ2n) is 23.8. The van der Waals surface area contributed by atoms with Crippen molar-refractivity contribution in [3.05, 3.63) is 60.8 Å². The van der Waals surface area contributed by atoms with Crippen LogP contribution in [0.3, 0.4) is 0 Å². The van der Waals surface area contributed by atoms with E-state index in [-0.39, 0.29) is 31.1 Å². The van der Waals surface area contributed by atoms with Gasteiger partial charge in [0.15, 0.2) is 6.10 Å². The lowest BCUT2D eigenvalue weighted by Crippen LogP contribution is -2.30. The molecule has 0 amide bonds. The van der Waals surface area contributed by atoms with Crippen molar-refractivity contribution >= 4 is 17.9 Å². The molecule has 0 aromatic rings. The van der Waals surface area contributed by atoms with Gasteiger partial charge in [-0.25, -0.2) is 0 Å². The van der Waals surface area contributed by atoms with E-state index in [1.54, 1.807) is 0 Å². The predicted octanol–water partition coefficient (Wildman–Crippen LogP) is 24.3. The molecule has 1 atom stereocenters. The first kappa shape index (κ1) is 77.1. The number of hydrogen-bond acceptors (Lipinski definition) is 6. The minimum atomic E-state index is -0.773. The third kappa shape index (κ3) is 65.9. The zero-order chi connectivity index (χ0) is 57.8. The zero-order valence-corrected chi connectivity index (χ0v) is 53.6. The summed E-state index contributed by atoms with van der Waals surface area (Å²) in [6.45, 7) is 6.59. The summed E-state index contributed by atoms with van der Waals surface area (Å²) in [7, 11) is 0. The van der Waals surface area contributed by atoms with Crippen molar-refractivity contribution in [2.75, 3.05) is 13.2 Å². The van der Waals surface area contributed by atoms with Crippen LogP contribution in [-0.2, 0) is 28.6 Å². The number of hydrogen-bond donors (Lipinski definition) is 0. The minimum absolute atomic E-state index is 0.0687. The van der Waals surface area contributed by atoms with Crippen molar-refractivity contribution in [1.82, 2.24) is 0 Å². The Morgan fingerprint density at radius 3 is 0.762 bits per heavy atom. The van der Waals surface area contributed by atoms with Gasteiger partial charge in [0.05, 0.1) is 0 Å². The van der Waals surface area contributed by atoms with Crippen LogP contribution in [0.5, 0.6) is 0 Å². The number of allylic oxidation sites excluding steroid dienone is 10. The van der Waals surface area contributed by atoms with Crippen molar-refractivity contribution in [3.63, 3.8) is 0 Å². The molecule has 0 N–H and O–H groups in total. The molecule has 0 heterocycles. The highest BCUT2D eigenvalue weighted by Crippen LogP contribution is 2.18. The molecule has 0 rings (SSSR count). The lowest BCUT2D eigenvalue weighted by molar-refractivity contribution is -0.167. The van der Waals surface area contributed by atoms with Crippen molar-refractivity contribution in [1.29, 1.82) is 0 Å². The highest BCUT2D eigenvalue weighted by molar-refractivity contribution is 5.71. The molecular weight excluding hydrogens is 985 g/mol. The Morgan fingerprint density at radius 1 is 0.263 bits per heavy atom. The van der Waals surface area contributed by atoms with Crippen LogP contribution in [0.2, 0.25) is 0 Å². The average Bonchev–Trinajstić information content (AvgIpc) is 3.46. The molecule has 0 fully saturated rings. The summed E-state index contributed by atoms with van der Waals surface area (Å²) in [5, 5.41) is 0. The summed E-state index contributed by atoms with van der Waals surface area (Å²) in [6.07, 6.45) is 88.2. The van der Waals surface area contributed by atoms with Gasteiger partial charge >= 0.3 is 17.9 Å². The summed E-state index contributed by atoms with van der Waals surface area (Å²) in [5.74, 6) is -0.845. The Bertz CT molecular complexity index is 1430. The first-order chi connectivity index (χ1) is 39.5. The maximum absolute atomic E-state index is 13.0. The fraction of sp³-hybridized carbons (Fsp3) is 0.824. The molecule has 6 nitrogen and oxygen atoms in total. The Hall–Kier alpha value is -2.89. The Labute approximate surface area is 498 Å². The van der Waals surface area contributed by atoms with E-state index in [1.165, 1.54) is 244 Å². The number of ether oxygens (including phenoxy) is 3. The third-order valence-corrected chi connectivity index (χ3v) is 15.8. The Morgan fingerprint density at radius 2 is 0.487 bits per heavy atom. The van der Waals surface area contributed by atoms with Gasteiger partial charge in [0.1, 0.15) is 13.2 Å². The highest BCUT2D eigenvalue weighted by atomic mass is 16.6. The van der Waals surface area contributed by atoms with Crippen molar-refractivity contribution in [2.24, 2.45) is 0 Å². The van der Waals surface area contributed by atoms with Crippen molar-refractivity contribution in [2.45, 2.75) is 380 Å². The van der Waals surface area contributed by atoms with E-state index >= 15 is 0 Å². The fourth-order valence-electron chi connectivity index (χ4n) is 10.5. The van der Waals surface area contributed by atoms with E-state index in [4.69, 9.17) is 14.2 Å². The molecule has 0 saturated carbocycles. The largest absolute Gasteiger partial charge is 0.462 e. The maximum atomic E-state index is 13.0. The van der Waals surface area contributed by atoms with E-state index in [9.17, 15) is 14.4 Å². The fourth-order valence-corrected chi connectivity index (χ4v) is 10.5. The van der Waals surface area contributed by atoms with E-state index < -0.39 is 6.10 Å². The molecule has 0 aromatic carbocycles. The number of carbonyl (C=O) groups is 3. The third-order valence-electron chi connectivity index (χ3n) is 15.8. The van der Waals surface area contributed by atoms with Gasteiger partial charge in [-0.05, 0) is 64.2 Å². The quantitative estimate of drug-likeness (QED) is 0.0261. The average molecular weight is 1120 g/mol. The van der Waals surface area contributed by atoms with Crippen LogP contribution >= 0.6 is 0 Å². The SMILES string of the molecule is CC/C=C\C/C=C\C/C=C\C/C=C\C/C=C\CCCCCCCCCCCCCC(=O)OCC(COC(=O)CCCCCCCCCCCCCCC)OC(=O)CCCCCCCCCCCCCCCCCCCCCCCC. The van der Waals surface area contributed by atoms with Crippen LogP contribution in [-0.4, -0.2) is 37.2 Å². The first-order valence-electron chi connectivity index (χ1n) is 35.3. The van der Waals surface area contributed by atoms with Gasteiger partial charge in [-0.3, -0.25) is 14.4 Å². The molecule has 466 valence electrons. The van der Waals surface area contributed by atoms with E-state index in [0.717, 1.165) is 89.9 Å². The van der Waals surface area contributed by atoms with Crippen LogP contribution in [0.25, 0.3) is 0 Å². The number of rotatable bonds is 65. The predicted molar refractivity (Wildman–Crippen MR) is 348 cm³/mol. The van der Waals surface area contributed by atoms with E-state index in [2.05, 4.69) is 81.5 Å². The van der Waals surface area contributed by atoms with Crippen LogP contribution in [0, 0.1) is 0 Å². The highest BCUT2D eigenvalue weighted by Gasteiger charge is 2.19. The molecule has 1 unspecified atom stereocenters. The van der Waals surface area contributed by atoms with Crippen LogP contribution in [0.4, 0.5) is 0 Å². The van der Waals surface area contributed by atoms with Gasteiger partial charge in [-0.2, -0.15) is 0 Å². The van der Waals surface area contributed by atoms with Crippen LogP contribution in [0.1, 0.15) is 374 Å². The summed E-state index contributed by atoms with van der Waals surface area (Å²) in [6, 6.07) is 0. The van der Waals surface area contributed by atoms with Gasteiger partial charge in [0, 0.05) is 19.3 Å². The van der Waals surface area contributed by atoms with Gasteiger partial charge < -0.3 is 14.2 Å². The minimum Gasteiger partial charge on any atom is -0.462 e. The lowest BCUT2D eigenvalue weighted by Gasteiger charge is -2.18.